The van der Waals surface area contributed by atoms with Crippen molar-refractivity contribution in [3.8, 4) is 5.75 Å². The van der Waals surface area contributed by atoms with Gasteiger partial charge in [-0.15, -0.1) is 0 Å². The molecule has 2 atom stereocenters. The van der Waals surface area contributed by atoms with Crippen LogP contribution in [0.5, 0.6) is 5.75 Å². The highest BCUT2D eigenvalue weighted by Gasteiger charge is 2.37. The third-order valence-electron chi connectivity index (χ3n) is 4.59. The van der Waals surface area contributed by atoms with E-state index in [1.165, 1.54) is 12.1 Å². The van der Waals surface area contributed by atoms with Gasteiger partial charge in [0.25, 0.3) is 0 Å². The minimum Gasteiger partial charge on any atom is -0.489 e. The summed E-state index contributed by atoms with van der Waals surface area (Å²) in [5.74, 6) is 0.459. The van der Waals surface area contributed by atoms with E-state index in [1.54, 1.807) is 13.2 Å². The average molecular weight is 372 g/mol. The number of hydrogen-bond acceptors (Lipinski definition) is 4. The number of amides is 1. The van der Waals surface area contributed by atoms with E-state index in [-0.39, 0.29) is 23.9 Å². The van der Waals surface area contributed by atoms with Crippen LogP contribution in [0.3, 0.4) is 0 Å². The molecule has 0 saturated carbocycles. The van der Waals surface area contributed by atoms with Gasteiger partial charge in [-0.3, -0.25) is 9.69 Å². The highest BCUT2D eigenvalue weighted by atomic mass is 19.1. The van der Waals surface area contributed by atoms with Gasteiger partial charge >= 0.3 is 0 Å². The van der Waals surface area contributed by atoms with Gasteiger partial charge in [0.15, 0.2) is 0 Å². The summed E-state index contributed by atoms with van der Waals surface area (Å²) >= 11 is 0. The summed E-state index contributed by atoms with van der Waals surface area (Å²) in [6.45, 7) is 2.03. The van der Waals surface area contributed by atoms with E-state index in [9.17, 15) is 9.18 Å². The second-order valence-corrected chi connectivity index (χ2v) is 6.65. The Morgan fingerprint density at radius 3 is 2.78 bits per heavy atom. The summed E-state index contributed by atoms with van der Waals surface area (Å²) < 4.78 is 24.6. The number of likely N-dealkylation sites (tertiary alicyclic amines) is 1. The summed E-state index contributed by atoms with van der Waals surface area (Å²) in [6.07, 6.45) is 0.488. The number of rotatable bonds is 8. The molecule has 0 aromatic heterocycles. The van der Waals surface area contributed by atoms with E-state index in [2.05, 4.69) is 5.32 Å². The molecule has 1 fully saturated rings. The molecule has 2 aromatic carbocycles. The highest BCUT2D eigenvalue weighted by molar-refractivity contribution is 5.82. The molecule has 1 aliphatic rings. The lowest BCUT2D eigenvalue weighted by Gasteiger charge is -2.23. The van der Waals surface area contributed by atoms with Crippen LogP contribution in [0.2, 0.25) is 0 Å². The molecule has 0 radical (unpaired) electrons. The van der Waals surface area contributed by atoms with Crippen LogP contribution in [0.15, 0.2) is 54.6 Å². The number of para-hydroxylation sites is 1. The largest absolute Gasteiger partial charge is 0.489 e. The van der Waals surface area contributed by atoms with Crippen LogP contribution in [-0.2, 0) is 16.1 Å². The van der Waals surface area contributed by atoms with Crippen molar-refractivity contribution in [1.82, 2.24) is 10.2 Å². The number of carbonyl (C=O) groups excluding carboxylic acids is 1. The number of nitrogens with zero attached hydrogens (tertiary/aromatic N) is 1. The first-order valence-corrected chi connectivity index (χ1v) is 9.12. The van der Waals surface area contributed by atoms with E-state index in [4.69, 9.17) is 9.47 Å². The van der Waals surface area contributed by atoms with Crippen LogP contribution < -0.4 is 10.1 Å². The van der Waals surface area contributed by atoms with Gasteiger partial charge in [0.05, 0.1) is 12.6 Å². The Kier molecular flexibility index (Phi) is 6.79. The molecule has 1 saturated heterocycles. The number of methoxy groups -OCH3 is 1. The summed E-state index contributed by atoms with van der Waals surface area (Å²) in [4.78, 5) is 14.7. The molecule has 3 rings (SSSR count). The molecule has 5 nitrogen and oxygen atoms in total. The van der Waals surface area contributed by atoms with Crippen molar-refractivity contribution in [1.29, 1.82) is 0 Å². The SMILES string of the molecule is COCCNC(=O)[C@H]1C[C@H](Oc2ccccc2)CN1Cc1cccc(F)c1. The molecule has 0 spiro atoms. The molecule has 0 bridgehead atoms. The zero-order chi connectivity index (χ0) is 19.1. The standard InChI is InChI=1S/C21H25FN2O3/c1-26-11-10-23-21(25)20-13-19(27-18-8-3-2-4-9-18)15-24(20)14-16-6-5-7-17(22)12-16/h2-9,12,19-20H,10-11,13-15H2,1H3,(H,23,25)/t19-,20+/m0/s1. The number of hydrogen-bond donors (Lipinski definition) is 1. The fourth-order valence-electron chi connectivity index (χ4n) is 3.35. The van der Waals surface area contributed by atoms with Crippen molar-refractivity contribution in [2.45, 2.75) is 25.1 Å². The molecule has 1 N–H and O–H groups in total. The van der Waals surface area contributed by atoms with Gasteiger partial charge in [0, 0.05) is 33.2 Å². The van der Waals surface area contributed by atoms with E-state index in [1.807, 2.05) is 41.3 Å². The number of halogens is 1. The summed E-state index contributed by atoms with van der Waals surface area (Å²) in [5, 5.41) is 2.90. The first-order valence-electron chi connectivity index (χ1n) is 9.12. The van der Waals surface area contributed by atoms with Crippen molar-refractivity contribution in [2.24, 2.45) is 0 Å². The maximum Gasteiger partial charge on any atom is 0.237 e. The first kappa shape index (κ1) is 19.3. The number of ether oxygens (including phenoxy) is 2. The molecule has 1 amide bonds. The summed E-state index contributed by atoms with van der Waals surface area (Å²) in [5.41, 5.74) is 0.838. The third-order valence-corrected chi connectivity index (χ3v) is 4.59. The van der Waals surface area contributed by atoms with E-state index < -0.39 is 0 Å². The van der Waals surface area contributed by atoms with Crippen molar-refractivity contribution in [3.63, 3.8) is 0 Å². The predicted octanol–water partition coefficient (Wildman–Crippen LogP) is 2.61. The van der Waals surface area contributed by atoms with Crippen molar-refractivity contribution in [3.05, 3.63) is 66.0 Å². The second kappa shape index (κ2) is 9.48. The van der Waals surface area contributed by atoms with Gasteiger partial charge in [-0.2, -0.15) is 0 Å². The maximum absolute atomic E-state index is 13.5. The molecule has 0 aliphatic carbocycles. The Morgan fingerprint density at radius 2 is 2.04 bits per heavy atom. The molecule has 1 heterocycles. The van der Waals surface area contributed by atoms with Gasteiger partial charge in [-0.25, -0.2) is 4.39 Å². The Balaban J connectivity index is 1.69. The molecule has 2 aromatic rings. The van der Waals surface area contributed by atoms with E-state index in [0.29, 0.717) is 32.7 Å². The summed E-state index contributed by atoms with van der Waals surface area (Å²) in [7, 11) is 1.60. The lowest BCUT2D eigenvalue weighted by atomic mass is 10.1. The normalized spacial score (nSPS) is 19.8. The Bertz CT molecular complexity index is 741. The van der Waals surface area contributed by atoms with Gasteiger partial charge in [0.2, 0.25) is 5.91 Å². The van der Waals surface area contributed by atoms with Gasteiger partial charge in [-0.05, 0) is 29.8 Å². The Morgan fingerprint density at radius 1 is 1.22 bits per heavy atom. The smallest absolute Gasteiger partial charge is 0.237 e. The molecule has 0 unspecified atom stereocenters. The minimum absolute atomic E-state index is 0.0531. The molecular weight excluding hydrogens is 347 g/mol. The average Bonchev–Trinajstić information content (AvgIpc) is 3.05. The van der Waals surface area contributed by atoms with Crippen LogP contribution in [0, 0.1) is 5.82 Å². The van der Waals surface area contributed by atoms with Crippen LogP contribution in [0.4, 0.5) is 4.39 Å². The quantitative estimate of drug-likeness (QED) is 0.724. The zero-order valence-corrected chi connectivity index (χ0v) is 15.4. The second-order valence-electron chi connectivity index (χ2n) is 6.65. The number of nitrogens with one attached hydrogen (secondary N) is 1. The fraction of sp³-hybridized carbons (Fsp3) is 0.381. The molecular formula is C21H25FN2O3. The number of benzene rings is 2. The Labute approximate surface area is 159 Å². The van der Waals surface area contributed by atoms with Gasteiger partial charge in [0.1, 0.15) is 17.7 Å². The van der Waals surface area contributed by atoms with Crippen LogP contribution in [0.25, 0.3) is 0 Å². The lowest BCUT2D eigenvalue weighted by molar-refractivity contribution is -0.125. The molecule has 144 valence electrons. The predicted molar refractivity (Wildman–Crippen MR) is 101 cm³/mol. The molecule has 6 heteroatoms. The fourth-order valence-corrected chi connectivity index (χ4v) is 3.35. The highest BCUT2D eigenvalue weighted by Crippen LogP contribution is 2.25. The van der Waals surface area contributed by atoms with E-state index >= 15 is 0 Å². The summed E-state index contributed by atoms with van der Waals surface area (Å²) in [6, 6.07) is 15.7. The number of carbonyl (C=O) groups is 1. The first-order chi connectivity index (χ1) is 13.2. The maximum atomic E-state index is 13.5. The minimum atomic E-state index is -0.321. The van der Waals surface area contributed by atoms with Crippen LogP contribution in [-0.4, -0.2) is 49.8 Å². The lowest BCUT2D eigenvalue weighted by Crippen LogP contribution is -2.43. The van der Waals surface area contributed by atoms with Crippen molar-refractivity contribution < 1.29 is 18.7 Å². The van der Waals surface area contributed by atoms with Crippen LogP contribution in [0.1, 0.15) is 12.0 Å². The topological polar surface area (TPSA) is 50.8 Å². The van der Waals surface area contributed by atoms with Crippen molar-refractivity contribution >= 4 is 5.91 Å². The Hall–Kier alpha value is -2.44. The zero-order valence-electron chi connectivity index (χ0n) is 15.4. The monoisotopic (exact) mass is 372 g/mol. The van der Waals surface area contributed by atoms with Gasteiger partial charge < -0.3 is 14.8 Å². The molecule has 27 heavy (non-hydrogen) atoms. The molecule has 1 aliphatic heterocycles. The van der Waals surface area contributed by atoms with Crippen LogP contribution >= 0.6 is 0 Å². The van der Waals surface area contributed by atoms with Crippen molar-refractivity contribution in [2.75, 3.05) is 26.8 Å². The van der Waals surface area contributed by atoms with Gasteiger partial charge in [-0.1, -0.05) is 30.3 Å². The third kappa shape index (κ3) is 5.52. The van der Waals surface area contributed by atoms with E-state index in [0.717, 1.165) is 11.3 Å².